The van der Waals surface area contributed by atoms with Gasteiger partial charge in [-0.3, -0.25) is 9.47 Å². The minimum absolute atomic E-state index is 0.285. The average Bonchev–Trinajstić information content (AvgIpc) is 2.99. The molecule has 1 aromatic heterocycles. The van der Waals surface area contributed by atoms with E-state index < -0.39 is 0 Å². The van der Waals surface area contributed by atoms with E-state index in [1.165, 1.54) is 0 Å². The number of benzene rings is 2. The van der Waals surface area contributed by atoms with Crippen LogP contribution in [0.2, 0.25) is 5.02 Å². The zero-order valence-electron chi connectivity index (χ0n) is 16.8. The van der Waals surface area contributed by atoms with Crippen molar-refractivity contribution in [3.63, 3.8) is 0 Å². The number of carbonyl (C=O) groups excluding carboxylic acids is 1. The Balaban J connectivity index is 1.65. The molecule has 7 nitrogen and oxygen atoms in total. The number of carbonyl (C=O) groups is 1. The van der Waals surface area contributed by atoms with Gasteiger partial charge in [0.1, 0.15) is 11.6 Å². The molecule has 1 aliphatic heterocycles. The van der Waals surface area contributed by atoms with Crippen molar-refractivity contribution in [2.45, 2.75) is 38.8 Å². The van der Waals surface area contributed by atoms with Crippen molar-refractivity contribution in [2.75, 3.05) is 17.3 Å². The lowest BCUT2D eigenvalue weighted by Gasteiger charge is -2.23. The molecule has 0 bridgehead atoms. The van der Waals surface area contributed by atoms with Crippen LogP contribution in [0.5, 0.6) is 5.75 Å². The van der Waals surface area contributed by atoms with Gasteiger partial charge >= 0.3 is 6.03 Å². The zero-order valence-corrected chi connectivity index (χ0v) is 17.6. The number of methoxy groups -OCH3 is 1. The van der Waals surface area contributed by atoms with Crippen LogP contribution in [-0.4, -0.2) is 27.9 Å². The number of hydrogen-bond donors (Lipinski definition) is 1. The Morgan fingerprint density at radius 2 is 2.00 bits per heavy atom. The second-order valence-corrected chi connectivity index (χ2v) is 7.69. The molecule has 2 heterocycles. The molecule has 3 aromatic rings. The normalized spacial score (nSPS) is 13.3. The van der Waals surface area contributed by atoms with E-state index >= 15 is 0 Å². The number of aryl methyl sites for hydroxylation is 1. The van der Waals surface area contributed by atoms with Crippen LogP contribution in [0.4, 0.5) is 16.4 Å². The number of halogens is 1. The molecule has 8 heteroatoms. The van der Waals surface area contributed by atoms with Gasteiger partial charge in [0, 0.05) is 23.7 Å². The fourth-order valence-electron chi connectivity index (χ4n) is 3.57. The van der Waals surface area contributed by atoms with Gasteiger partial charge in [0.05, 0.1) is 13.7 Å². The van der Waals surface area contributed by atoms with E-state index in [9.17, 15) is 4.79 Å². The standard InChI is InChI=1S/C22H24ClN5O2/c1-30-19-11-9-16(10-12-19)15-28(22(29)24-18-7-5-6-17(23)14-18)21-26-25-20-8-3-2-4-13-27(20)21/h5-7,9-12,14H,2-4,8,13,15H2,1H3,(H,24,29). The Morgan fingerprint density at radius 3 is 2.77 bits per heavy atom. The van der Waals surface area contributed by atoms with Crippen LogP contribution >= 0.6 is 11.6 Å². The van der Waals surface area contributed by atoms with Gasteiger partial charge in [-0.25, -0.2) is 4.79 Å². The smallest absolute Gasteiger partial charge is 0.329 e. The van der Waals surface area contributed by atoms with Gasteiger partial charge in [-0.1, -0.05) is 36.2 Å². The molecule has 2 aromatic carbocycles. The van der Waals surface area contributed by atoms with Crippen LogP contribution in [0.1, 0.15) is 30.7 Å². The van der Waals surface area contributed by atoms with Crippen LogP contribution in [-0.2, 0) is 19.5 Å². The highest BCUT2D eigenvalue weighted by Crippen LogP contribution is 2.24. The lowest BCUT2D eigenvalue weighted by Crippen LogP contribution is -2.36. The highest BCUT2D eigenvalue weighted by molar-refractivity contribution is 6.30. The summed E-state index contributed by atoms with van der Waals surface area (Å²) in [6.07, 6.45) is 4.16. The highest BCUT2D eigenvalue weighted by Gasteiger charge is 2.25. The molecular formula is C22H24ClN5O2. The fourth-order valence-corrected chi connectivity index (χ4v) is 3.76. The largest absolute Gasteiger partial charge is 0.497 e. The number of amides is 2. The minimum atomic E-state index is -0.285. The molecule has 156 valence electrons. The maximum Gasteiger partial charge on any atom is 0.329 e. The Bertz CT molecular complexity index is 1020. The van der Waals surface area contributed by atoms with Crippen LogP contribution in [0.15, 0.2) is 48.5 Å². The van der Waals surface area contributed by atoms with Crippen LogP contribution in [0.25, 0.3) is 0 Å². The quantitative estimate of drug-likeness (QED) is 0.630. The number of urea groups is 1. The predicted molar refractivity (Wildman–Crippen MR) is 117 cm³/mol. The average molecular weight is 426 g/mol. The maximum atomic E-state index is 13.3. The Labute approximate surface area is 180 Å². The van der Waals surface area contributed by atoms with E-state index in [-0.39, 0.29) is 6.03 Å². The van der Waals surface area contributed by atoms with Gasteiger partial charge in [0.25, 0.3) is 0 Å². The summed E-state index contributed by atoms with van der Waals surface area (Å²) in [7, 11) is 1.63. The summed E-state index contributed by atoms with van der Waals surface area (Å²) < 4.78 is 7.30. The van der Waals surface area contributed by atoms with E-state index in [0.717, 1.165) is 49.4 Å². The number of nitrogens with zero attached hydrogens (tertiary/aromatic N) is 4. The van der Waals surface area contributed by atoms with Crippen LogP contribution < -0.4 is 15.0 Å². The summed E-state index contributed by atoms with van der Waals surface area (Å²) in [5, 5.41) is 12.2. The summed E-state index contributed by atoms with van der Waals surface area (Å²) in [6, 6.07) is 14.5. The first-order valence-electron chi connectivity index (χ1n) is 10.0. The first-order chi connectivity index (χ1) is 14.6. The van der Waals surface area contributed by atoms with Gasteiger partial charge < -0.3 is 10.1 Å². The molecule has 0 saturated carbocycles. The number of aromatic nitrogens is 3. The fraction of sp³-hybridized carbons (Fsp3) is 0.318. The predicted octanol–water partition coefficient (Wildman–Crippen LogP) is 4.91. The lowest BCUT2D eigenvalue weighted by atomic mass is 10.2. The molecule has 30 heavy (non-hydrogen) atoms. The van der Waals surface area contributed by atoms with Gasteiger partial charge in [0.2, 0.25) is 5.95 Å². The molecule has 0 radical (unpaired) electrons. The van der Waals surface area contributed by atoms with Crippen LogP contribution in [0.3, 0.4) is 0 Å². The van der Waals surface area contributed by atoms with Crippen LogP contribution in [0, 0.1) is 0 Å². The molecule has 0 fully saturated rings. The zero-order chi connectivity index (χ0) is 20.9. The number of fused-ring (bicyclic) bond motifs is 1. The van der Waals surface area contributed by atoms with E-state index in [1.807, 2.05) is 24.3 Å². The van der Waals surface area contributed by atoms with Crippen molar-refractivity contribution in [3.05, 3.63) is 64.9 Å². The first kappa shape index (κ1) is 20.2. The maximum absolute atomic E-state index is 13.3. The van der Waals surface area contributed by atoms with Gasteiger partial charge in [0.15, 0.2) is 0 Å². The van der Waals surface area contributed by atoms with E-state index in [4.69, 9.17) is 16.3 Å². The van der Waals surface area contributed by atoms with E-state index in [0.29, 0.717) is 23.2 Å². The molecule has 1 N–H and O–H groups in total. The number of ether oxygens (including phenoxy) is 1. The SMILES string of the molecule is COc1ccc(CN(C(=O)Nc2cccc(Cl)c2)c2nnc3n2CCCCC3)cc1. The molecule has 0 unspecified atom stereocenters. The molecule has 1 aliphatic rings. The van der Waals surface area contributed by atoms with Gasteiger partial charge in [-0.05, 0) is 48.7 Å². The minimum Gasteiger partial charge on any atom is -0.497 e. The van der Waals surface area contributed by atoms with Gasteiger partial charge in [-0.2, -0.15) is 0 Å². The molecular weight excluding hydrogens is 402 g/mol. The number of anilines is 2. The Kier molecular flexibility index (Phi) is 6.18. The van der Waals surface area contributed by atoms with Crippen molar-refractivity contribution in [1.82, 2.24) is 14.8 Å². The third kappa shape index (κ3) is 4.57. The topological polar surface area (TPSA) is 72.3 Å². The van der Waals surface area contributed by atoms with E-state index in [1.54, 1.807) is 36.3 Å². The molecule has 0 atom stereocenters. The summed E-state index contributed by atoms with van der Waals surface area (Å²) >= 11 is 6.08. The monoisotopic (exact) mass is 425 g/mol. The van der Waals surface area contributed by atoms with Crippen molar-refractivity contribution < 1.29 is 9.53 Å². The third-order valence-corrected chi connectivity index (χ3v) is 5.39. The van der Waals surface area contributed by atoms with E-state index in [2.05, 4.69) is 20.1 Å². The number of hydrogen-bond acceptors (Lipinski definition) is 4. The summed E-state index contributed by atoms with van der Waals surface area (Å²) in [5.74, 6) is 2.25. The van der Waals surface area contributed by atoms with Crippen molar-refractivity contribution in [2.24, 2.45) is 0 Å². The Morgan fingerprint density at radius 1 is 1.17 bits per heavy atom. The molecule has 0 aliphatic carbocycles. The van der Waals surface area contributed by atoms with Crippen molar-refractivity contribution in [3.8, 4) is 5.75 Å². The molecule has 4 rings (SSSR count). The third-order valence-electron chi connectivity index (χ3n) is 5.15. The summed E-state index contributed by atoms with van der Waals surface area (Å²) in [6.45, 7) is 1.16. The Hall–Kier alpha value is -3.06. The summed E-state index contributed by atoms with van der Waals surface area (Å²) in [5.41, 5.74) is 1.59. The van der Waals surface area contributed by atoms with Crippen molar-refractivity contribution >= 4 is 29.3 Å². The first-order valence-corrected chi connectivity index (χ1v) is 10.4. The second-order valence-electron chi connectivity index (χ2n) is 7.25. The molecule has 0 saturated heterocycles. The second kappa shape index (κ2) is 9.17. The van der Waals surface area contributed by atoms with Gasteiger partial charge in [-0.15, -0.1) is 10.2 Å². The number of nitrogens with one attached hydrogen (secondary N) is 1. The lowest BCUT2D eigenvalue weighted by molar-refractivity contribution is 0.256. The summed E-state index contributed by atoms with van der Waals surface area (Å²) in [4.78, 5) is 14.9. The molecule has 2 amide bonds. The number of rotatable bonds is 5. The molecule has 0 spiro atoms. The van der Waals surface area contributed by atoms with Crippen molar-refractivity contribution in [1.29, 1.82) is 0 Å². The highest BCUT2D eigenvalue weighted by atomic mass is 35.5.